The summed E-state index contributed by atoms with van der Waals surface area (Å²) in [5.41, 5.74) is 7.16. The number of rotatable bonds is 2. The highest BCUT2D eigenvalue weighted by Crippen LogP contribution is 2.35. The Balaban J connectivity index is 2.45. The molecule has 0 aliphatic heterocycles. The number of ether oxygens (including phenoxy) is 1. The number of carbonyl (C=O) groups is 1. The molecule has 2 N–H and O–H groups in total. The summed E-state index contributed by atoms with van der Waals surface area (Å²) in [7, 11) is 1.34. The van der Waals surface area contributed by atoms with Crippen molar-refractivity contribution in [2.24, 2.45) is 0 Å². The lowest BCUT2D eigenvalue weighted by atomic mass is 10.2. The van der Waals surface area contributed by atoms with Crippen LogP contribution in [-0.4, -0.2) is 13.1 Å². The smallest absolute Gasteiger partial charge is 0.350 e. The second kappa shape index (κ2) is 5.46. The molecule has 6 heteroatoms. The maximum absolute atomic E-state index is 11.5. The maximum atomic E-state index is 11.5. The molecule has 0 aliphatic carbocycles. The number of halogens is 2. The van der Waals surface area contributed by atoms with Crippen LogP contribution in [0.15, 0.2) is 24.3 Å². The van der Waals surface area contributed by atoms with Crippen LogP contribution in [0.5, 0.6) is 0 Å². The molecule has 2 aromatic rings. The fraction of sp³-hybridized carbons (Fsp3) is 0.0833. The molecule has 0 unspecified atom stereocenters. The third-order valence-electron chi connectivity index (χ3n) is 2.34. The lowest BCUT2D eigenvalue weighted by Gasteiger charge is -2.00. The van der Waals surface area contributed by atoms with Gasteiger partial charge in [0, 0.05) is 8.45 Å². The van der Waals surface area contributed by atoms with Gasteiger partial charge in [-0.3, -0.25) is 0 Å². The molecule has 1 aromatic heterocycles. The van der Waals surface area contributed by atoms with Gasteiger partial charge in [-0.05, 0) is 46.4 Å². The molecule has 3 nitrogen and oxygen atoms in total. The minimum Gasteiger partial charge on any atom is -0.465 e. The van der Waals surface area contributed by atoms with Gasteiger partial charge in [-0.15, -0.1) is 11.3 Å². The van der Waals surface area contributed by atoms with Crippen LogP contribution in [0.25, 0.3) is 10.4 Å². The Morgan fingerprint density at radius 2 is 2.17 bits per heavy atom. The predicted molar refractivity (Wildman–Crippen MR) is 83.2 cm³/mol. The average Bonchev–Trinajstić information content (AvgIpc) is 2.74. The number of methoxy groups -OCH3 is 1. The summed E-state index contributed by atoms with van der Waals surface area (Å²) in [6.45, 7) is 0. The van der Waals surface area contributed by atoms with E-state index in [9.17, 15) is 4.79 Å². The fourth-order valence-electron chi connectivity index (χ4n) is 1.45. The first-order chi connectivity index (χ1) is 8.52. The molecule has 0 amide bonds. The summed E-state index contributed by atoms with van der Waals surface area (Å²) < 4.78 is 5.66. The largest absolute Gasteiger partial charge is 0.465 e. The predicted octanol–water partition coefficient (Wildman–Crippen LogP) is 4.04. The molecule has 2 rings (SSSR count). The van der Waals surface area contributed by atoms with Crippen LogP contribution in [0.2, 0.25) is 5.02 Å². The number of hydrogen-bond acceptors (Lipinski definition) is 4. The number of thiophene rings is 1. The highest BCUT2D eigenvalue weighted by Gasteiger charge is 2.15. The van der Waals surface area contributed by atoms with Crippen molar-refractivity contribution in [1.29, 1.82) is 0 Å². The molecule has 0 aliphatic rings. The minimum absolute atomic E-state index is 0.416. The average molecular weight is 394 g/mol. The first-order valence-corrected chi connectivity index (χ1v) is 7.23. The van der Waals surface area contributed by atoms with Gasteiger partial charge in [0.05, 0.1) is 17.8 Å². The number of hydrogen-bond donors (Lipinski definition) is 1. The fourth-order valence-corrected chi connectivity index (χ4v) is 2.96. The lowest BCUT2D eigenvalue weighted by Crippen LogP contribution is -2.00. The van der Waals surface area contributed by atoms with Gasteiger partial charge in [0.25, 0.3) is 0 Å². The van der Waals surface area contributed by atoms with Crippen molar-refractivity contribution in [1.82, 2.24) is 0 Å². The van der Waals surface area contributed by atoms with E-state index in [1.807, 2.05) is 18.2 Å². The topological polar surface area (TPSA) is 52.3 Å². The summed E-state index contributed by atoms with van der Waals surface area (Å²) >= 11 is 9.54. The van der Waals surface area contributed by atoms with Gasteiger partial charge < -0.3 is 10.5 Å². The zero-order valence-electron chi connectivity index (χ0n) is 9.37. The Morgan fingerprint density at radius 1 is 1.44 bits per heavy atom. The molecule has 0 saturated heterocycles. The third-order valence-corrected chi connectivity index (χ3v) is 5.09. The molecule has 94 valence electrons. The number of benzene rings is 1. The van der Waals surface area contributed by atoms with Crippen LogP contribution in [0.3, 0.4) is 0 Å². The molecule has 1 aromatic carbocycles. The van der Waals surface area contributed by atoms with E-state index in [1.54, 1.807) is 6.07 Å². The molecular formula is C12H9ClINO2S. The summed E-state index contributed by atoms with van der Waals surface area (Å²) in [5, 5.41) is 0.680. The second-order valence-corrected chi connectivity index (χ2v) is 6.14. The third kappa shape index (κ3) is 2.62. The summed E-state index contributed by atoms with van der Waals surface area (Å²) in [5.74, 6) is -0.416. The minimum atomic E-state index is -0.416. The van der Waals surface area contributed by atoms with Crippen molar-refractivity contribution in [2.75, 3.05) is 12.8 Å². The van der Waals surface area contributed by atoms with Crippen LogP contribution in [0.4, 0.5) is 5.69 Å². The first kappa shape index (κ1) is 13.6. The Bertz CT molecular complexity index is 612. The SMILES string of the molecule is COC(=O)c1sc(-c2ccc(I)c(Cl)c2)cc1N. The van der Waals surface area contributed by atoms with Crippen molar-refractivity contribution in [3.8, 4) is 10.4 Å². The van der Waals surface area contributed by atoms with E-state index in [0.717, 1.165) is 14.0 Å². The first-order valence-electron chi connectivity index (χ1n) is 4.96. The molecule has 1 heterocycles. The molecule has 0 radical (unpaired) electrons. The van der Waals surface area contributed by atoms with Gasteiger partial charge in [0.1, 0.15) is 4.88 Å². The zero-order valence-corrected chi connectivity index (χ0v) is 13.1. The Kier molecular flexibility index (Phi) is 4.14. The van der Waals surface area contributed by atoms with E-state index in [2.05, 4.69) is 27.3 Å². The molecular weight excluding hydrogens is 385 g/mol. The summed E-state index contributed by atoms with van der Waals surface area (Å²) in [6.07, 6.45) is 0. The molecule has 0 spiro atoms. The van der Waals surface area contributed by atoms with Gasteiger partial charge in [-0.25, -0.2) is 4.79 Å². The number of anilines is 1. The van der Waals surface area contributed by atoms with E-state index in [0.29, 0.717) is 15.6 Å². The number of carbonyl (C=O) groups excluding carboxylic acids is 1. The van der Waals surface area contributed by atoms with E-state index < -0.39 is 5.97 Å². The quantitative estimate of drug-likeness (QED) is 0.619. The summed E-state index contributed by atoms with van der Waals surface area (Å²) in [4.78, 5) is 12.8. The summed E-state index contributed by atoms with van der Waals surface area (Å²) in [6, 6.07) is 7.48. The Hall–Kier alpha value is -0.790. The van der Waals surface area contributed by atoms with Crippen molar-refractivity contribution in [3.05, 3.63) is 37.7 Å². The van der Waals surface area contributed by atoms with Crippen molar-refractivity contribution >= 4 is 57.2 Å². The van der Waals surface area contributed by atoms with Gasteiger partial charge in [0.15, 0.2) is 0 Å². The van der Waals surface area contributed by atoms with Crippen molar-refractivity contribution in [3.63, 3.8) is 0 Å². The zero-order chi connectivity index (χ0) is 13.3. The normalized spacial score (nSPS) is 10.4. The monoisotopic (exact) mass is 393 g/mol. The van der Waals surface area contributed by atoms with Gasteiger partial charge in [0.2, 0.25) is 0 Å². The highest BCUT2D eigenvalue weighted by atomic mass is 127. The number of esters is 1. The molecule has 0 saturated carbocycles. The van der Waals surface area contributed by atoms with Gasteiger partial charge in [-0.2, -0.15) is 0 Å². The van der Waals surface area contributed by atoms with E-state index >= 15 is 0 Å². The van der Waals surface area contributed by atoms with Gasteiger partial charge >= 0.3 is 5.97 Å². The Labute approximate surface area is 127 Å². The van der Waals surface area contributed by atoms with E-state index in [4.69, 9.17) is 17.3 Å². The van der Waals surface area contributed by atoms with Crippen LogP contribution >= 0.6 is 45.5 Å². The molecule has 0 bridgehead atoms. The lowest BCUT2D eigenvalue weighted by molar-refractivity contribution is 0.0607. The van der Waals surface area contributed by atoms with Crippen LogP contribution in [-0.2, 0) is 4.74 Å². The van der Waals surface area contributed by atoms with Crippen molar-refractivity contribution in [2.45, 2.75) is 0 Å². The number of nitrogens with two attached hydrogens (primary N) is 1. The van der Waals surface area contributed by atoms with Crippen molar-refractivity contribution < 1.29 is 9.53 Å². The maximum Gasteiger partial charge on any atom is 0.350 e. The molecule has 18 heavy (non-hydrogen) atoms. The van der Waals surface area contributed by atoms with Crippen LogP contribution in [0, 0.1) is 3.57 Å². The van der Waals surface area contributed by atoms with E-state index in [1.165, 1.54) is 18.4 Å². The molecule has 0 fully saturated rings. The van der Waals surface area contributed by atoms with Gasteiger partial charge in [-0.1, -0.05) is 17.7 Å². The number of nitrogen functional groups attached to an aromatic ring is 1. The Morgan fingerprint density at radius 3 is 2.78 bits per heavy atom. The highest BCUT2D eigenvalue weighted by molar-refractivity contribution is 14.1. The standard InChI is InChI=1S/C12H9ClINO2S/c1-17-12(16)11-9(15)5-10(18-11)6-2-3-8(14)7(13)4-6/h2-5H,15H2,1H3. The molecule has 0 atom stereocenters. The second-order valence-electron chi connectivity index (χ2n) is 3.52. The van der Waals surface area contributed by atoms with Crippen LogP contribution < -0.4 is 5.73 Å². The van der Waals surface area contributed by atoms with Crippen LogP contribution in [0.1, 0.15) is 9.67 Å². The van der Waals surface area contributed by atoms with E-state index in [-0.39, 0.29) is 0 Å².